The summed E-state index contributed by atoms with van der Waals surface area (Å²) in [7, 11) is 0. The van der Waals surface area contributed by atoms with E-state index in [-0.39, 0.29) is 17.2 Å². The third kappa shape index (κ3) is 5.15. The van der Waals surface area contributed by atoms with E-state index in [1.807, 2.05) is 12.1 Å². The van der Waals surface area contributed by atoms with E-state index in [9.17, 15) is 8.78 Å². The van der Waals surface area contributed by atoms with E-state index < -0.39 is 22.3 Å². The van der Waals surface area contributed by atoms with Gasteiger partial charge in [0, 0.05) is 18.3 Å². The monoisotopic (exact) mass is 469 g/mol. The van der Waals surface area contributed by atoms with Crippen LogP contribution in [-0.2, 0) is 6.54 Å². The third-order valence-corrected chi connectivity index (χ3v) is 5.80. The number of anilines is 1. The predicted octanol–water partition coefficient (Wildman–Crippen LogP) is 5.26. The number of aliphatic imine (C=N–C) groups is 1. The molecular formula is C23H22ClF2N7. The fraction of sp³-hybridized carbons (Fsp3) is 0.217. The van der Waals surface area contributed by atoms with Gasteiger partial charge in [0.1, 0.15) is 22.3 Å². The van der Waals surface area contributed by atoms with Gasteiger partial charge in [-0.05, 0) is 55.3 Å². The second kappa shape index (κ2) is 10.0. The number of aromatic nitrogens is 1. The lowest BCUT2D eigenvalue weighted by Gasteiger charge is -2.15. The third-order valence-electron chi connectivity index (χ3n) is 5.44. The van der Waals surface area contributed by atoms with Crippen LogP contribution < -0.4 is 11.6 Å². The summed E-state index contributed by atoms with van der Waals surface area (Å²) in [4.78, 5) is 10.7. The molecule has 4 N–H and O–H groups in total. The van der Waals surface area contributed by atoms with Gasteiger partial charge in [-0.3, -0.25) is 4.90 Å². The van der Waals surface area contributed by atoms with Crippen molar-refractivity contribution >= 4 is 28.9 Å². The standard InChI is InChI=1S/C23H22ClF2N7/c24-20-18(25)7-8-19(26)21(20)30-23(31-32-28)17-11-16(12-29-22(17)27)15-5-3-14(4-6-15)13-33-9-1-2-10-33/h3-8,11-12H,1-2,9-10,13H2,(H2,27,29)(H2,28,30,31). The highest BCUT2D eigenvalue weighted by Gasteiger charge is 2.17. The second-order valence-electron chi connectivity index (χ2n) is 7.68. The van der Waals surface area contributed by atoms with Crippen molar-refractivity contribution in [3.63, 3.8) is 0 Å². The van der Waals surface area contributed by atoms with Gasteiger partial charge in [-0.1, -0.05) is 41.1 Å². The predicted molar refractivity (Wildman–Crippen MR) is 125 cm³/mol. The van der Waals surface area contributed by atoms with Crippen molar-refractivity contribution in [1.82, 2.24) is 9.88 Å². The summed E-state index contributed by atoms with van der Waals surface area (Å²) in [6.45, 7) is 3.17. The summed E-state index contributed by atoms with van der Waals surface area (Å²) < 4.78 is 28.1. The Morgan fingerprint density at radius 1 is 1.03 bits per heavy atom. The summed E-state index contributed by atoms with van der Waals surface area (Å²) in [5, 5.41) is 6.50. The first-order chi connectivity index (χ1) is 16.0. The Kier molecular flexibility index (Phi) is 6.90. The topological polar surface area (TPSA) is 105 Å². The van der Waals surface area contributed by atoms with Crippen LogP contribution in [0, 0.1) is 11.6 Å². The Bertz CT molecular complexity index is 1210. The van der Waals surface area contributed by atoms with Gasteiger partial charge < -0.3 is 11.6 Å². The van der Waals surface area contributed by atoms with Crippen LogP contribution in [0.4, 0.5) is 20.3 Å². The molecule has 0 spiro atoms. The van der Waals surface area contributed by atoms with Gasteiger partial charge in [-0.2, -0.15) is 0 Å². The molecule has 1 saturated heterocycles. The molecular weight excluding hydrogens is 448 g/mol. The number of nitrogens with zero attached hydrogens (tertiary/aromatic N) is 5. The van der Waals surface area contributed by atoms with Crippen molar-refractivity contribution in [3.8, 4) is 11.1 Å². The van der Waals surface area contributed by atoms with Crippen molar-refractivity contribution < 1.29 is 8.78 Å². The van der Waals surface area contributed by atoms with Gasteiger partial charge in [-0.15, -0.1) is 5.11 Å². The number of pyridine rings is 1. The average Bonchev–Trinajstić information content (AvgIpc) is 3.33. The van der Waals surface area contributed by atoms with E-state index in [4.69, 9.17) is 23.2 Å². The quantitative estimate of drug-likeness (QED) is 0.133. The largest absolute Gasteiger partial charge is 0.383 e. The molecule has 0 saturated carbocycles. The molecule has 33 heavy (non-hydrogen) atoms. The molecule has 2 heterocycles. The lowest BCUT2D eigenvalue weighted by molar-refractivity contribution is 0.331. The Morgan fingerprint density at radius 2 is 1.73 bits per heavy atom. The normalized spacial score (nSPS) is 14.9. The number of hydrogen-bond donors (Lipinski definition) is 2. The fourth-order valence-electron chi connectivity index (χ4n) is 3.73. The molecule has 10 heteroatoms. The van der Waals surface area contributed by atoms with Crippen LogP contribution in [0.5, 0.6) is 0 Å². The smallest absolute Gasteiger partial charge is 0.187 e. The molecule has 0 unspecified atom stereocenters. The van der Waals surface area contributed by atoms with Crippen LogP contribution >= 0.6 is 11.6 Å². The van der Waals surface area contributed by atoms with Crippen LogP contribution in [0.15, 0.2) is 64.0 Å². The van der Waals surface area contributed by atoms with E-state index in [0.29, 0.717) is 0 Å². The zero-order chi connectivity index (χ0) is 23.4. The lowest BCUT2D eigenvalue weighted by atomic mass is 10.0. The van der Waals surface area contributed by atoms with Gasteiger partial charge in [0.15, 0.2) is 11.7 Å². The molecule has 1 aliphatic rings. The molecule has 4 rings (SSSR count). The summed E-state index contributed by atoms with van der Waals surface area (Å²) in [5.41, 5.74) is 8.70. The lowest BCUT2D eigenvalue weighted by Crippen LogP contribution is -2.18. The van der Waals surface area contributed by atoms with Gasteiger partial charge >= 0.3 is 0 Å². The molecule has 1 aromatic heterocycles. The van der Waals surface area contributed by atoms with Gasteiger partial charge in [-0.25, -0.2) is 18.8 Å². The number of nitrogens with two attached hydrogens (primary N) is 2. The van der Waals surface area contributed by atoms with E-state index in [0.717, 1.165) is 42.9 Å². The van der Waals surface area contributed by atoms with Crippen LogP contribution in [0.1, 0.15) is 24.0 Å². The molecule has 170 valence electrons. The number of hydrogen-bond acceptors (Lipinski definition) is 5. The molecule has 0 radical (unpaired) electrons. The maximum atomic E-state index is 14.3. The van der Waals surface area contributed by atoms with Crippen molar-refractivity contribution in [1.29, 1.82) is 0 Å². The Morgan fingerprint density at radius 3 is 2.42 bits per heavy atom. The second-order valence-corrected chi connectivity index (χ2v) is 8.06. The number of amidine groups is 1. The van der Waals surface area contributed by atoms with Crippen LogP contribution in [0.3, 0.4) is 0 Å². The molecule has 3 aromatic rings. The van der Waals surface area contributed by atoms with E-state index in [1.54, 1.807) is 12.3 Å². The first-order valence-corrected chi connectivity index (χ1v) is 10.7. The summed E-state index contributed by atoms with van der Waals surface area (Å²) in [5.74, 6) is 3.49. The van der Waals surface area contributed by atoms with Crippen molar-refractivity contribution in [3.05, 3.63) is 76.4 Å². The van der Waals surface area contributed by atoms with Gasteiger partial charge in [0.2, 0.25) is 0 Å². The summed E-state index contributed by atoms with van der Waals surface area (Å²) in [6.07, 6.45) is 4.10. The van der Waals surface area contributed by atoms with Crippen molar-refractivity contribution in [2.45, 2.75) is 19.4 Å². The molecule has 0 bridgehead atoms. The molecule has 7 nitrogen and oxygen atoms in total. The minimum atomic E-state index is -0.831. The van der Waals surface area contributed by atoms with Gasteiger partial charge in [0.25, 0.3) is 0 Å². The highest BCUT2D eigenvalue weighted by atomic mass is 35.5. The van der Waals surface area contributed by atoms with E-state index in [1.165, 1.54) is 18.4 Å². The maximum Gasteiger partial charge on any atom is 0.187 e. The average molecular weight is 470 g/mol. The molecule has 0 aliphatic carbocycles. The zero-order valence-corrected chi connectivity index (χ0v) is 18.4. The molecule has 0 atom stereocenters. The first-order valence-electron chi connectivity index (χ1n) is 10.4. The highest BCUT2D eigenvalue weighted by Crippen LogP contribution is 2.32. The number of likely N-dealkylation sites (tertiary alicyclic amines) is 1. The highest BCUT2D eigenvalue weighted by molar-refractivity contribution is 6.33. The fourth-order valence-corrected chi connectivity index (χ4v) is 3.93. The number of halogens is 3. The number of nitrogen functional groups attached to an aromatic ring is 1. The van der Waals surface area contributed by atoms with Gasteiger partial charge in [0.05, 0.1) is 5.56 Å². The molecule has 1 fully saturated rings. The first kappa shape index (κ1) is 22.8. The number of benzene rings is 2. The minimum absolute atomic E-state index is 0.0727. The zero-order valence-electron chi connectivity index (χ0n) is 17.7. The van der Waals surface area contributed by atoms with Crippen molar-refractivity contribution in [2.75, 3.05) is 18.8 Å². The number of rotatable bonds is 5. The molecule has 1 aliphatic heterocycles. The summed E-state index contributed by atoms with van der Waals surface area (Å²) in [6, 6.07) is 11.6. The Hall–Kier alpha value is -3.43. The maximum absolute atomic E-state index is 14.3. The molecule has 2 aromatic carbocycles. The summed E-state index contributed by atoms with van der Waals surface area (Å²) >= 11 is 5.90. The Balaban J connectivity index is 1.69. The van der Waals surface area contributed by atoms with E-state index in [2.05, 4.69) is 37.3 Å². The van der Waals surface area contributed by atoms with Crippen LogP contribution in [0.2, 0.25) is 5.02 Å². The minimum Gasteiger partial charge on any atom is -0.383 e. The Labute approximate surface area is 194 Å². The SMILES string of the molecule is NN=NC(=Nc1c(F)ccc(F)c1Cl)c1cc(-c2ccc(CN3CCCC3)cc2)cnc1N. The van der Waals surface area contributed by atoms with Crippen LogP contribution in [-0.4, -0.2) is 28.8 Å². The molecule has 0 amide bonds. The van der Waals surface area contributed by atoms with Crippen LogP contribution in [0.25, 0.3) is 11.1 Å². The van der Waals surface area contributed by atoms with E-state index >= 15 is 0 Å². The van der Waals surface area contributed by atoms with Crippen molar-refractivity contribution in [2.24, 2.45) is 21.2 Å².